The van der Waals surface area contributed by atoms with Gasteiger partial charge in [-0.2, -0.15) is 0 Å². The summed E-state index contributed by atoms with van der Waals surface area (Å²) in [7, 11) is 0. The van der Waals surface area contributed by atoms with Crippen LogP contribution in [0.4, 0.5) is 0 Å². The number of hydrogen-bond acceptors (Lipinski definition) is 3. The molecule has 0 aliphatic heterocycles. The molecule has 1 N–H and O–H groups in total. The molecule has 0 saturated heterocycles. The van der Waals surface area contributed by atoms with Crippen LogP contribution in [0.25, 0.3) is 0 Å². The lowest BCUT2D eigenvalue weighted by atomic mass is 9.80. The summed E-state index contributed by atoms with van der Waals surface area (Å²) in [4.78, 5) is 0. The fourth-order valence-electron chi connectivity index (χ4n) is 2.15. The first kappa shape index (κ1) is 15.2. The van der Waals surface area contributed by atoms with Crippen LogP contribution in [-0.2, 0) is 6.54 Å². The lowest BCUT2D eigenvalue weighted by molar-refractivity contribution is 0.223. The fraction of sp³-hybridized carbons (Fsp3) is 0.857. The number of rotatable bonds is 8. The van der Waals surface area contributed by atoms with Crippen molar-refractivity contribution in [2.24, 2.45) is 5.41 Å². The Morgan fingerprint density at radius 1 is 1.28 bits per heavy atom. The van der Waals surface area contributed by atoms with E-state index in [9.17, 15) is 0 Å². The van der Waals surface area contributed by atoms with E-state index in [1.165, 1.54) is 5.69 Å². The number of nitrogens with zero attached hydrogens (tertiary/aromatic N) is 3. The third-order valence-electron chi connectivity index (χ3n) is 3.67. The smallest absolute Gasteiger partial charge is 0.0762 e. The van der Waals surface area contributed by atoms with Gasteiger partial charge in [0.1, 0.15) is 0 Å². The molecule has 1 atom stereocenters. The molecular formula is C14H28N4. The highest BCUT2D eigenvalue weighted by Gasteiger charge is 2.31. The minimum Gasteiger partial charge on any atom is -0.308 e. The first-order chi connectivity index (χ1) is 8.56. The molecule has 1 rings (SSSR count). The zero-order valence-corrected chi connectivity index (χ0v) is 12.5. The standard InChI is InChI=1S/C14H28N4/c1-6-9-15-13(14(4,5)8-3)12-11-16-17-18(12)10-7-2/h11,13,15H,6-10H2,1-5H3. The van der Waals surface area contributed by atoms with Crippen LogP contribution in [0.15, 0.2) is 6.20 Å². The van der Waals surface area contributed by atoms with Crippen LogP contribution < -0.4 is 5.32 Å². The van der Waals surface area contributed by atoms with Crippen molar-refractivity contribution in [1.82, 2.24) is 20.3 Å². The van der Waals surface area contributed by atoms with Crippen LogP contribution in [0.3, 0.4) is 0 Å². The Balaban J connectivity index is 2.97. The third-order valence-corrected chi connectivity index (χ3v) is 3.67. The van der Waals surface area contributed by atoms with E-state index in [0.717, 1.165) is 32.4 Å². The van der Waals surface area contributed by atoms with Crippen LogP contribution in [0.5, 0.6) is 0 Å². The molecule has 0 spiro atoms. The first-order valence-corrected chi connectivity index (χ1v) is 7.18. The van der Waals surface area contributed by atoms with E-state index in [1.54, 1.807) is 0 Å². The molecule has 18 heavy (non-hydrogen) atoms. The van der Waals surface area contributed by atoms with Crippen LogP contribution in [-0.4, -0.2) is 21.5 Å². The third kappa shape index (κ3) is 3.55. The summed E-state index contributed by atoms with van der Waals surface area (Å²) in [6.45, 7) is 13.2. The average molecular weight is 252 g/mol. The van der Waals surface area contributed by atoms with Gasteiger partial charge in [-0.25, -0.2) is 4.68 Å². The Hall–Kier alpha value is -0.900. The molecule has 4 nitrogen and oxygen atoms in total. The molecule has 1 aromatic rings. The van der Waals surface area contributed by atoms with E-state index in [-0.39, 0.29) is 5.41 Å². The summed E-state index contributed by atoms with van der Waals surface area (Å²) in [5, 5.41) is 12.0. The van der Waals surface area contributed by atoms with Crippen molar-refractivity contribution >= 4 is 0 Å². The van der Waals surface area contributed by atoms with E-state index in [2.05, 4.69) is 50.2 Å². The van der Waals surface area contributed by atoms with Crippen LogP contribution in [0.1, 0.15) is 65.6 Å². The van der Waals surface area contributed by atoms with E-state index in [1.807, 2.05) is 10.9 Å². The molecule has 0 radical (unpaired) electrons. The van der Waals surface area contributed by atoms with Crippen molar-refractivity contribution in [2.75, 3.05) is 6.54 Å². The van der Waals surface area contributed by atoms with Gasteiger partial charge in [-0.15, -0.1) is 5.10 Å². The van der Waals surface area contributed by atoms with E-state index >= 15 is 0 Å². The van der Waals surface area contributed by atoms with Gasteiger partial charge in [0.15, 0.2) is 0 Å². The van der Waals surface area contributed by atoms with E-state index in [0.29, 0.717) is 6.04 Å². The number of nitrogens with one attached hydrogen (secondary N) is 1. The summed E-state index contributed by atoms with van der Waals surface area (Å²) >= 11 is 0. The summed E-state index contributed by atoms with van der Waals surface area (Å²) in [5.74, 6) is 0. The zero-order valence-electron chi connectivity index (χ0n) is 12.5. The van der Waals surface area contributed by atoms with Crippen LogP contribution >= 0.6 is 0 Å². The van der Waals surface area contributed by atoms with Gasteiger partial charge in [-0.1, -0.05) is 39.8 Å². The Labute approximate surface area is 111 Å². The van der Waals surface area contributed by atoms with Gasteiger partial charge in [0.25, 0.3) is 0 Å². The predicted molar refractivity (Wildman–Crippen MR) is 75.4 cm³/mol. The average Bonchev–Trinajstić information content (AvgIpc) is 2.78. The van der Waals surface area contributed by atoms with Gasteiger partial charge in [0, 0.05) is 6.54 Å². The Morgan fingerprint density at radius 2 is 2.00 bits per heavy atom. The van der Waals surface area contributed by atoms with Gasteiger partial charge >= 0.3 is 0 Å². The molecule has 4 heteroatoms. The van der Waals surface area contributed by atoms with Gasteiger partial charge in [-0.3, -0.25) is 0 Å². The molecule has 0 aliphatic rings. The number of aryl methyl sites for hydroxylation is 1. The van der Waals surface area contributed by atoms with Crippen LogP contribution in [0, 0.1) is 5.41 Å². The second kappa shape index (κ2) is 6.88. The lowest BCUT2D eigenvalue weighted by Crippen LogP contribution is -2.36. The van der Waals surface area contributed by atoms with Crippen molar-refractivity contribution in [3.8, 4) is 0 Å². The Morgan fingerprint density at radius 3 is 2.56 bits per heavy atom. The highest BCUT2D eigenvalue weighted by molar-refractivity contribution is 5.07. The molecule has 0 aliphatic carbocycles. The highest BCUT2D eigenvalue weighted by atomic mass is 15.4. The van der Waals surface area contributed by atoms with Gasteiger partial charge in [0.05, 0.1) is 17.9 Å². The van der Waals surface area contributed by atoms with Crippen LogP contribution in [0.2, 0.25) is 0 Å². The zero-order chi connectivity index (χ0) is 13.6. The molecule has 0 saturated carbocycles. The SMILES string of the molecule is CCCNC(c1cnnn1CCC)C(C)(C)CC. The topological polar surface area (TPSA) is 42.7 Å². The van der Waals surface area contributed by atoms with Crippen molar-refractivity contribution < 1.29 is 0 Å². The molecular weight excluding hydrogens is 224 g/mol. The minimum absolute atomic E-state index is 0.211. The van der Waals surface area contributed by atoms with E-state index in [4.69, 9.17) is 0 Å². The molecule has 1 unspecified atom stereocenters. The summed E-state index contributed by atoms with van der Waals surface area (Å²) in [6, 6.07) is 0.323. The molecule has 104 valence electrons. The molecule has 1 heterocycles. The maximum atomic E-state index is 4.21. The van der Waals surface area contributed by atoms with E-state index < -0.39 is 0 Å². The summed E-state index contributed by atoms with van der Waals surface area (Å²) < 4.78 is 2.05. The monoisotopic (exact) mass is 252 g/mol. The second-order valence-electron chi connectivity index (χ2n) is 5.61. The van der Waals surface area contributed by atoms with Gasteiger partial charge < -0.3 is 5.32 Å². The number of hydrogen-bond donors (Lipinski definition) is 1. The van der Waals surface area contributed by atoms with Gasteiger partial charge in [0.2, 0.25) is 0 Å². The highest BCUT2D eigenvalue weighted by Crippen LogP contribution is 2.35. The Kier molecular flexibility index (Phi) is 5.79. The molecule has 1 aromatic heterocycles. The van der Waals surface area contributed by atoms with Gasteiger partial charge in [-0.05, 0) is 31.2 Å². The normalized spacial score (nSPS) is 13.8. The van der Waals surface area contributed by atoms with Crippen molar-refractivity contribution in [2.45, 2.75) is 66.5 Å². The predicted octanol–water partition coefficient (Wildman–Crippen LogP) is 3.17. The molecule has 0 aromatic carbocycles. The minimum atomic E-state index is 0.211. The van der Waals surface area contributed by atoms with Crippen molar-refractivity contribution in [1.29, 1.82) is 0 Å². The fourth-order valence-corrected chi connectivity index (χ4v) is 2.15. The Bertz CT molecular complexity index is 343. The lowest BCUT2D eigenvalue weighted by Gasteiger charge is -2.34. The maximum Gasteiger partial charge on any atom is 0.0762 e. The summed E-state index contributed by atoms with van der Waals surface area (Å²) in [6.07, 6.45) is 5.28. The summed E-state index contributed by atoms with van der Waals surface area (Å²) in [5.41, 5.74) is 1.43. The van der Waals surface area contributed by atoms with Crippen molar-refractivity contribution in [3.05, 3.63) is 11.9 Å². The molecule has 0 amide bonds. The number of aromatic nitrogens is 3. The first-order valence-electron chi connectivity index (χ1n) is 7.18. The quantitative estimate of drug-likeness (QED) is 0.773. The largest absolute Gasteiger partial charge is 0.308 e. The van der Waals surface area contributed by atoms with Crippen molar-refractivity contribution in [3.63, 3.8) is 0 Å². The second-order valence-corrected chi connectivity index (χ2v) is 5.61. The molecule has 0 bridgehead atoms. The molecule has 0 fully saturated rings. The maximum absolute atomic E-state index is 4.21.